The summed E-state index contributed by atoms with van der Waals surface area (Å²) in [5, 5.41) is 8.91. The Kier molecular flexibility index (Phi) is 5.70. The molecule has 5 rings (SSSR count). The molecule has 3 aromatic heterocycles. The van der Waals surface area contributed by atoms with E-state index in [-0.39, 0.29) is 12.2 Å². The fraction of sp³-hybridized carbons (Fsp3) is 0.115. The average Bonchev–Trinajstić information content (AvgIpc) is 3.24. The van der Waals surface area contributed by atoms with Gasteiger partial charge in [-0.1, -0.05) is 48.5 Å². The number of fused-ring (bicyclic) bond motifs is 1. The van der Waals surface area contributed by atoms with Gasteiger partial charge in [0.1, 0.15) is 17.2 Å². The highest BCUT2D eigenvalue weighted by molar-refractivity contribution is 5.95. The number of hydrogen-bond acceptors (Lipinski definition) is 7. The Bertz CT molecular complexity index is 1480. The fourth-order valence-electron chi connectivity index (χ4n) is 3.62. The van der Waals surface area contributed by atoms with E-state index in [9.17, 15) is 4.79 Å². The number of rotatable bonds is 6. The van der Waals surface area contributed by atoms with Crippen LogP contribution in [0.4, 0.5) is 11.6 Å². The van der Waals surface area contributed by atoms with Gasteiger partial charge in [-0.3, -0.25) is 0 Å². The number of benzene rings is 2. The first-order valence-corrected chi connectivity index (χ1v) is 10.9. The van der Waals surface area contributed by atoms with Crippen molar-refractivity contribution in [3.63, 3.8) is 0 Å². The summed E-state index contributed by atoms with van der Waals surface area (Å²) >= 11 is 0. The summed E-state index contributed by atoms with van der Waals surface area (Å²) in [4.78, 5) is 26.4. The van der Waals surface area contributed by atoms with Gasteiger partial charge in [-0.05, 0) is 32.0 Å². The first-order valence-electron chi connectivity index (χ1n) is 10.9. The molecule has 0 atom stereocenters. The van der Waals surface area contributed by atoms with Crippen molar-refractivity contribution < 1.29 is 9.53 Å². The monoisotopic (exact) mass is 450 g/mol. The second-order valence-corrected chi connectivity index (χ2v) is 7.61. The number of pyridine rings is 1. The van der Waals surface area contributed by atoms with E-state index in [4.69, 9.17) is 9.72 Å². The Hall–Kier alpha value is -4.59. The summed E-state index contributed by atoms with van der Waals surface area (Å²) in [5.74, 6) is 1.57. The van der Waals surface area contributed by atoms with E-state index in [0.717, 1.165) is 22.2 Å². The molecule has 0 spiro atoms. The highest BCUT2D eigenvalue weighted by atomic mass is 16.5. The molecule has 0 amide bonds. The second kappa shape index (κ2) is 9.11. The van der Waals surface area contributed by atoms with Gasteiger partial charge < -0.3 is 10.1 Å². The molecule has 0 aliphatic heterocycles. The zero-order chi connectivity index (χ0) is 23.5. The molecule has 8 heteroatoms. The van der Waals surface area contributed by atoms with E-state index < -0.39 is 5.97 Å². The topological polar surface area (TPSA) is 94.8 Å². The van der Waals surface area contributed by atoms with Crippen molar-refractivity contribution in [2.45, 2.75) is 13.8 Å². The highest BCUT2D eigenvalue weighted by Gasteiger charge is 2.19. The third-order valence-electron chi connectivity index (χ3n) is 5.19. The van der Waals surface area contributed by atoms with Gasteiger partial charge in [0.15, 0.2) is 11.6 Å². The van der Waals surface area contributed by atoms with Crippen LogP contribution in [0.3, 0.4) is 0 Å². The molecule has 34 heavy (non-hydrogen) atoms. The van der Waals surface area contributed by atoms with Crippen LogP contribution in [0.15, 0.2) is 79.0 Å². The number of carbonyl (C=O) groups is 1. The first-order chi connectivity index (χ1) is 16.6. The lowest BCUT2D eigenvalue weighted by Crippen LogP contribution is -2.12. The SMILES string of the molecule is CCOC(=O)c1cnc(-c2ccccc2)nc1Nc1cc(C)nn1-c1ccc2ccccc2n1. The molecule has 1 N–H and O–H groups in total. The van der Waals surface area contributed by atoms with Crippen LogP contribution in [-0.2, 0) is 4.74 Å². The van der Waals surface area contributed by atoms with Crippen molar-refractivity contribution >= 4 is 28.5 Å². The van der Waals surface area contributed by atoms with E-state index in [1.54, 1.807) is 11.6 Å². The third-order valence-corrected chi connectivity index (χ3v) is 5.19. The Morgan fingerprint density at radius 3 is 2.62 bits per heavy atom. The summed E-state index contributed by atoms with van der Waals surface area (Å²) in [6.07, 6.45) is 1.48. The van der Waals surface area contributed by atoms with Crippen LogP contribution < -0.4 is 5.32 Å². The summed E-state index contributed by atoms with van der Waals surface area (Å²) < 4.78 is 6.92. The van der Waals surface area contributed by atoms with Gasteiger partial charge in [0.2, 0.25) is 0 Å². The number of carbonyl (C=O) groups excluding carboxylic acids is 1. The number of nitrogens with zero attached hydrogens (tertiary/aromatic N) is 5. The lowest BCUT2D eigenvalue weighted by atomic mass is 10.2. The summed E-state index contributed by atoms with van der Waals surface area (Å²) in [5.41, 5.74) is 2.72. The normalized spacial score (nSPS) is 10.9. The van der Waals surface area contributed by atoms with Crippen LogP contribution in [0.1, 0.15) is 23.0 Å². The van der Waals surface area contributed by atoms with Gasteiger partial charge in [-0.25, -0.2) is 19.7 Å². The largest absolute Gasteiger partial charge is 0.462 e. The van der Waals surface area contributed by atoms with Crippen molar-refractivity contribution in [1.82, 2.24) is 24.7 Å². The Morgan fingerprint density at radius 2 is 1.79 bits per heavy atom. The number of para-hydroxylation sites is 1. The van der Waals surface area contributed by atoms with E-state index in [2.05, 4.69) is 20.4 Å². The van der Waals surface area contributed by atoms with Crippen LogP contribution in [0.2, 0.25) is 0 Å². The predicted octanol–water partition coefficient (Wildman–Crippen LogP) is 5.11. The van der Waals surface area contributed by atoms with Gasteiger partial charge in [-0.2, -0.15) is 9.78 Å². The van der Waals surface area contributed by atoms with Crippen molar-refractivity contribution in [3.05, 3.63) is 90.3 Å². The maximum absolute atomic E-state index is 12.6. The molecule has 3 heterocycles. The Morgan fingerprint density at radius 1 is 1.00 bits per heavy atom. The van der Waals surface area contributed by atoms with Gasteiger partial charge in [0, 0.05) is 23.2 Å². The molecule has 5 aromatic rings. The summed E-state index contributed by atoms with van der Waals surface area (Å²) in [6, 6.07) is 23.2. The summed E-state index contributed by atoms with van der Waals surface area (Å²) in [6.45, 7) is 3.90. The van der Waals surface area contributed by atoms with Gasteiger partial charge in [0.25, 0.3) is 0 Å². The predicted molar refractivity (Wildman–Crippen MR) is 130 cm³/mol. The van der Waals surface area contributed by atoms with Crippen molar-refractivity contribution in [2.24, 2.45) is 0 Å². The Balaban J connectivity index is 1.59. The molecule has 0 bridgehead atoms. The first kappa shape index (κ1) is 21.3. The van der Waals surface area contributed by atoms with Crippen LogP contribution in [-0.4, -0.2) is 37.3 Å². The van der Waals surface area contributed by atoms with E-state index in [1.807, 2.05) is 79.7 Å². The molecule has 168 valence electrons. The molecular formula is C26H22N6O2. The molecule has 2 aromatic carbocycles. The number of aryl methyl sites for hydroxylation is 1. The van der Waals surface area contributed by atoms with E-state index in [0.29, 0.717) is 23.3 Å². The second-order valence-electron chi connectivity index (χ2n) is 7.61. The third kappa shape index (κ3) is 4.21. The minimum Gasteiger partial charge on any atom is -0.462 e. The number of ether oxygens (including phenoxy) is 1. The molecule has 0 aliphatic rings. The smallest absolute Gasteiger partial charge is 0.343 e. The zero-order valence-electron chi connectivity index (χ0n) is 18.8. The summed E-state index contributed by atoms with van der Waals surface area (Å²) in [7, 11) is 0. The Labute approximate surface area is 196 Å². The standard InChI is InChI=1S/C26H22N6O2/c1-3-34-26(33)20-16-27-24(19-10-5-4-6-11-19)30-25(20)29-23-15-17(2)31-32(23)22-14-13-18-9-7-8-12-21(18)28-22/h4-16H,3H2,1-2H3,(H,27,29,30). The van der Waals surface area contributed by atoms with Gasteiger partial charge >= 0.3 is 5.97 Å². The van der Waals surface area contributed by atoms with Crippen LogP contribution in [0, 0.1) is 6.92 Å². The van der Waals surface area contributed by atoms with Crippen molar-refractivity contribution in [3.8, 4) is 17.2 Å². The highest BCUT2D eigenvalue weighted by Crippen LogP contribution is 2.26. The number of esters is 1. The van der Waals surface area contributed by atoms with Crippen molar-refractivity contribution in [2.75, 3.05) is 11.9 Å². The average molecular weight is 451 g/mol. The molecular weight excluding hydrogens is 428 g/mol. The number of hydrogen-bond donors (Lipinski definition) is 1. The minimum atomic E-state index is -0.503. The van der Waals surface area contributed by atoms with Crippen LogP contribution >= 0.6 is 0 Å². The quantitative estimate of drug-likeness (QED) is 0.359. The van der Waals surface area contributed by atoms with Crippen LogP contribution in [0.25, 0.3) is 28.1 Å². The molecule has 8 nitrogen and oxygen atoms in total. The maximum atomic E-state index is 12.6. The lowest BCUT2D eigenvalue weighted by molar-refractivity contribution is 0.0526. The van der Waals surface area contributed by atoms with Crippen molar-refractivity contribution in [1.29, 1.82) is 0 Å². The van der Waals surface area contributed by atoms with E-state index >= 15 is 0 Å². The molecule has 0 fully saturated rings. The number of anilines is 2. The van der Waals surface area contributed by atoms with Crippen LogP contribution in [0.5, 0.6) is 0 Å². The lowest BCUT2D eigenvalue weighted by Gasteiger charge is -2.13. The molecule has 0 saturated carbocycles. The number of aromatic nitrogens is 5. The van der Waals surface area contributed by atoms with Gasteiger partial charge in [0.05, 0.1) is 17.8 Å². The fourth-order valence-corrected chi connectivity index (χ4v) is 3.62. The minimum absolute atomic E-state index is 0.235. The maximum Gasteiger partial charge on any atom is 0.343 e. The molecule has 0 unspecified atom stereocenters. The zero-order valence-corrected chi connectivity index (χ0v) is 18.8. The molecule has 0 radical (unpaired) electrons. The van der Waals surface area contributed by atoms with E-state index in [1.165, 1.54) is 6.20 Å². The van der Waals surface area contributed by atoms with Gasteiger partial charge in [-0.15, -0.1) is 0 Å². The number of nitrogens with one attached hydrogen (secondary N) is 1. The molecule has 0 aliphatic carbocycles. The molecule has 0 saturated heterocycles.